The number of amides is 1. The number of sulfonamides is 1. The lowest BCUT2D eigenvalue weighted by Gasteiger charge is -2.12. The number of hydrogen-bond acceptors (Lipinski definition) is 5. The van der Waals surface area contributed by atoms with Crippen LogP contribution in [-0.4, -0.2) is 27.5 Å². The Morgan fingerprint density at radius 2 is 1.75 bits per heavy atom. The van der Waals surface area contributed by atoms with E-state index in [9.17, 15) is 13.2 Å². The van der Waals surface area contributed by atoms with Gasteiger partial charge in [0.1, 0.15) is 11.5 Å². The number of anilines is 2. The van der Waals surface area contributed by atoms with Gasteiger partial charge in [0.05, 0.1) is 16.5 Å². The molecule has 0 aromatic heterocycles. The first-order valence-electron chi connectivity index (χ1n) is 9.50. The van der Waals surface area contributed by atoms with Gasteiger partial charge in [-0.25, -0.2) is 8.42 Å². The number of halogens is 2. The maximum absolute atomic E-state index is 12.7. The van der Waals surface area contributed by atoms with Gasteiger partial charge in [-0.05, 0) is 67.6 Å². The van der Waals surface area contributed by atoms with Gasteiger partial charge in [-0.15, -0.1) is 0 Å². The normalized spacial score (nSPS) is 11.0. The second-order valence-corrected chi connectivity index (χ2v) is 9.51. The van der Waals surface area contributed by atoms with E-state index in [0.717, 1.165) is 4.47 Å². The molecule has 0 unspecified atom stereocenters. The molecule has 7 nitrogen and oxygen atoms in total. The third kappa shape index (κ3) is 6.62. The fourth-order valence-corrected chi connectivity index (χ4v) is 4.46. The largest absolute Gasteiger partial charge is 0.494 e. The third-order valence-electron chi connectivity index (χ3n) is 4.10. The van der Waals surface area contributed by atoms with Crippen LogP contribution in [0.4, 0.5) is 11.4 Å². The summed E-state index contributed by atoms with van der Waals surface area (Å²) in [7, 11) is -3.87. The van der Waals surface area contributed by atoms with E-state index in [1.165, 1.54) is 18.2 Å². The second kappa shape index (κ2) is 10.7. The van der Waals surface area contributed by atoms with Crippen molar-refractivity contribution in [3.63, 3.8) is 0 Å². The third-order valence-corrected chi connectivity index (χ3v) is 6.27. The van der Waals surface area contributed by atoms with E-state index in [1.54, 1.807) is 42.5 Å². The minimum absolute atomic E-state index is 0.0395. The predicted molar refractivity (Wildman–Crippen MR) is 128 cm³/mol. The van der Waals surface area contributed by atoms with Gasteiger partial charge in [-0.2, -0.15) is 0 Å². The molecule has 0 fully saturated rings. The lowest BCUT2D eigenvalue weighted by Crippen LogP contribution is -2.20. The highest BCUT2D eigenvalue weighted by atomic mass is 79.9. The zero-order chi connectivity index (χ0) is 23.1. The molecule has 0 heterocycles. The molecule has 0 saturated heterocycles. The Hall–Kier alpha value is -2.75. The van der Waals surface area contributed by atoms with E-state index in [2.05, 4.69) is 26.0 Å². The summed E-state index contributed by atoms with van der Waals surface area (Å²) in [4.78, 5) is 12.1. The van der Waals surface area contributed by atoms with E-state index in [-0.39, 0.29) is 28.2 Å². The van der Waals surface area contributed by atoms with E-state index >= 15 is 0 Å². The van der Waals surface area contributed by atoms with Crippen LogP contribution >= 0.6 is 27.5 Å². The molecule has 0 aliphatic heterocycles. The van der Waals surface area contributed by atoms with Crippen molar-refractivity contribution >= 4 is 54.8 Å². The topological polar surface area (TPSA) is 93.7 Å². The number of carbonyl (C=O) groups is 1. The lowest BCUT2D eigenvalue weighted by molar-refractivity contribution is -0.118. The highest BCUT2D eigenvalue weighted by molar-refractivity contribution is 9.10. The zero-order valence-electron chi connectivity index (χ0n) is 17.0. The van der Waals surface area contributed by atoms with E-state index in [1.807, 2.05) is 13.0 Å². The Kier molecular flexibility index (Phi) is 8.00. The van der Waals surface area contributed by atoms with Gasteiger partial charge in [-0.1, -0.05) is 33.6 Å². The van der Waals surface area contributed by atoms with E-state index in [4.69, 9.17) is 21.1 Å². The van der Waals surface area contributed by atoms with Gasteiger partial charge in [0, 0.05) is 15.8 Å². The molecule has 0 radical (unpaired) electrons. The van der Waals surface area contributed by atoms with Gasteiger partial charge >= 0.3 is 0 Å². The van der Waals surface area contributed by atoms with Gasteiger partial charge in [0.25, 0.3) is 15.9 Å². The molecular formula is C22H20BrClN2O5S. The molecular weight excluding hydrogens is 520 g/mol. The minimum Gasteiger partial charge on any atom is -0.494 e. The smallest absolute Gasteiger partial charge is 0.262 e. The minimum atomic E-state index is -3.87. The van der Waals surface area contributed by atoms with Crippen LogP contribution < -0.4 is 19.5 Å². The van der Waals surface area contributed by atoms with Crippen molar-refractivity contribution in [3.05, 3.63) is 76.2 Å². The molecule has 0 bridgehead atoms. The van der Waals surface area contributed by atoms with Gasteiger partial charge < -0.3 is 14.8 Å². The first kappa shape index (κ1) is 23.9. The van der Waals surface area contributed by atoms with Crippen molar-refractivity contribution in [2.45, 2.75) is 11.8 Å². The number of hydrogen-bond donors (Lipinski definition) is 2. The molecule has 3 aromatic carbocycles. The molecule has 32 heavy (non-hydrogen) atoms. The maximum atomic E-state index is 12.7. The Bertz CT molecular complexity index is 1200. The van der Waals surface area contributed by atoms with Crippen molar-refractivity contribution in [1.82, 2.24) is 0 Å². The van der Waals surface area contributed by atoms with Crippen LogP contribution in [0.1, 0.15) is 6.92 Å². The standard InChI is InChI=1S/C22H20BrClN2O5S/c1-2-30-18-8-6-16(7-9-18)26-32(28,29)19-10-11-21(20(24)13-19)31-14-22(27)25-17-5-3-4-15(23)12-17/h3-13,26H,2,14H2,1H3,(H,25,27). The van der Waals surface area contributed by atoms with Gasteiger partial charge in [-0.3, -0.25) is 9.52 Å². The van der Waals surface area contributed by atoms with Crippen LogP contribution in [-0.2, 0) is 14.8 Å². The molecule has 0 atom stereocenters. The van der Waals surface area contributed by atoms with Crippen LogP contribution in [0.25, 0.3) is 0 Å². The van der Waals surface area contributed by atoms with E-state index < -0.39 is 10.0 Å². The number of nitrogens with one attached hydrogen (secondary N) is 2. The highest BCUT2D eigenvalue weighted by Crippen LogP contribution is 2.28. The number of benzene rings is 3. The average Bonchev–Trinajstić information content (AvgIpc) is 2.74. The summed E-state index contributed by atoms with van der Waals surface area (Å²) < 4.78 is 39.4. The fourth-order valence-electron chi connectivity index (χ4n) is 2.67. The first-order valence-corrected chi connectivity index (χ1v) is 12.2. The second-order valence-electron chi connectivity index (χ2n) is 6.50. The summed E-state index contributed by atoms with van der Waals surface area (Å²) in [5.74, 6) is 0.452. The molecule has 2 N–H and O–H groups in total. The quantitative estimate of drug-likeness (QED) is 0.384. The average molecular weight is 540 g/mol. The summed E-state index contributed by atoms with van der Waals surface area (Å²) in [6.07, 6.45) is 0. The van der Waals surface area contributed by atoms with Crippen LogP contribution in [0.5, 0.6) is 11.5 Å². The summed E-state index contributed by atoms with van der Waals surface area (Å²) in [6, 6.07) is 17.7. The maximum Gasteiger partial charge on any atom is 0.262 e. The van der Waals surface area contributed by atoms with Crippen molar-refractivity contribution in [1.29, 1.82) is 0 Å². The molecule has 0 saturated carbocycles. The Labute approximate surface area is 199 Å². The number of ether oxygens (including phenoxy) is 2. The van der Waals surface area contributed by atoms with Crippen LogP contribution in [0.15, 0.2) is 76.1 Å². The van der Waals surface area contributed by atoms with Crippen molar-refractivity contribution in [2.24, 2.45) is 0 Å². The van der Waals surface area contributed by atoms with Crippen molar-refractivity contribution in [3.8, 4) is 11.5 Å². The predicted octanol–water partition coefficient (Wildman–Crippen LogP) is 5.32. The monoisotopic (exact) mass is 538 g/mol. The molecule has 1 amide bonds. The summed E-state index contributed by atoms with van der Waals surface area (Å²) in [5, 5.41) is 2.76. The molecule has 0 aliphatic rings. The fraction of sp³-hybridized carbons (Fsp3) is 0.136. The first-order chi connectivity index (χ1) is 15.3. The molecule has 3 rings (SSSR count). The van der Waals surface area contributed by atoms with Crippen LogP contribution in [0, 0.1) is 0 Å². The summed E-state index contributed by atoms with van der Waals surface area (Å²) in [5.41, 5.74) is 0.995. The van der Waals surface area contributed by atoms with Gasteiger partial charge in [0.15, 0.2) is 6.61 Å². The summed E-state index contributed by atoms with van der Waals surface area (Å²) in [6.45, 7) is 2.09. The number of rotatable bonds is 9. The number of carbonyl (C=O) groups excluding carboxylic acids is 1. The van der Waals surface area contributed by atoms with Crippen molar-refractivity contribution < 1.29 is 22.7 Å². The van der Waals surface area contributed by atoms with E-state index in [0.29, 0.717) is 23.7 Å². The Morgan fingerprint density at radius 3 is 2.41 bits per heavy atom. The Morgan fingerprint density at radius 1 is 1.00 bits per heavy atom. The van der Waals surface area contributed by atoms with Crippen LogP contribution in [0.2, 0.25) is 5.02 Å². The molecule has 10 heteroatoms. The molecule has 0 spiro atoms. The van der Waals surface area contributed by atoms with Crippen LogP contribution in [0.3, 0.4) is 0 Å². The Balaban J connectivity index is 1.62. The summed E-state index contributed by atoms with van der Waals surface area (Å²) >= 11 is 9.52. The lowest BCUT2D eigenvalue weighted by atomic mass is 10.3. The van der Waals surface area contributed by atoms with Crippen molar-refractivity contribution in [2.75, 3.05) is 23.3 Å². The highest BCUT2D eigenvalue weighted by Gasteiger charge is 2.17. The molecule has 0 aliphatic carbocycles. The SMILES string of the molecule is CCOc1ccc(NS(=O)(=O)c2ccc(OCC(=O)Nc3cccc(Br)c3)c(Cl)c2)cc1. The molecule has 3 aromatic rings. The van der Waals surface area contributed by atoms with Gasteiger partial charge in [0.2, 0.25) is 0 Å². The zero-order valence-corrected chi connectivity index (χ0v) is 20.1. The molecule has 168 valence electrons.